The third-order valence-electron chi connectivity index (χ3n) is 11.1. The van der Waals surface area contributed by atoms with Crippen molar-refractivity contribution in [3.8, 4) is 16.9 Å². The maximum absolute atomic E-state index is 13.6. The number of hydrogen-bond donors (Lipinski definition) is 2. The molecule has 3 aromatic rings. The van der Waals surface area contributed by atoms with Crippen LogP contribution in [0.3, 0.4) is 0 Å². The van der Waals surface area contributed by atoms with Gasteiger partial charge in [0, 0.05) is 104 Å². The van der Waals surface area contributed by atoms with Crippen molar-refractivity contribution in [3.05, 3.63) is 74.7 Å². The summed E-state index contributed by atoms with van der Waals surface area (Å²) >= 11 is 6.90. The second-order valence-electron chi connectivity index (χ2n) is 14.3. The van der Waals surface area contributed by atoms with Crippen LogP contribution < -0.4 is 25.8 Å². The van der Waals surface area contributed by atoms with Crippen LogP contribution in [0.2, 0.25) is 5.02 Å². The summed E-state index contributed by atoms with van der Waals surface area (Å²) in [6.07, 6.45) is 6.10. The van der Waals surface area contributed by atoms with Crippen molar-refractivity contribution in [3.63, 3.8) is 0 Å². The maximum Gasteiger partial charge on any atom is 0.253 e. The van der Waals surface area contributed by atoms with Crippen molar-refractivity contribution in [2.45, 2.75) is 71.0 Å². The number of imide groups is 1. The molecule has 2 N–H and O–H groups in total. The number of methoxy groups -OCH3 is 1. The highest BCUT2D eigenvalue weighted by Gasteiger charge is 2.33. The Hall–Kier alpha value is -4.35. The first kappa shape index (κ1) is 36.4. The number of halogens is 1. The van der Waals surface area contributed by atoms with Crippen molar-refractivity contribution in [1.29, 1.82) is 0 Å². The molecule has 3 aliphatic heterocycles. The molecule has 1 unspecified atom stereocenters. The number of rotatable bonds is 9. The second-order valence-corrected chi connectivity index (χ2v) is 14.7. The Balaban J connectivity index is 0.991. The third-order valence-corrected chi connectivity index (χ3v) is 11.4. The number of carbonyl (C=O) groups excluding carboxylic acids is 3. The van der Waals surface area contributed by atoms with Crippen LogP contribution in [0, 0.1) is 19.8 Å². The van der Waals surface area contributed by atoms with Gasteiger partial charge in [0.25, 0.3) is 5.56 Å². The lowest BCUT2D eigenvalue weighted by atomic mass is 9.93. The highest BCUT2D eigenvalue weighted by molar-refractivity contribution is 6.32. The number of aryl methyl sites for hydroxylation is 1. The zero-order chi connectivity index (χ0) is 36.4. The van der Waals surface area contributed by atoms with Crippen molar-refractivity contribution in [1.82, 2.24) is 19.7 Å². The summed E-state index contributed by atoms with van der Waals surface area (Å²) in [7, 11) is 5.39. The minimum absolute atomic E-state index is 0.00523. The lowest BCUT2D eigenvalue weighted by Crippen LogP contribution is -2.48. The lowest BCUT2D eigenvalue weighted by molar-refractivity contribution is -0.138. The van der Waals surface area contributed by atoms with Gasteiger partial charge < -0.3 is 24.4 Å². The molecule has 2 aromatic carbocycles. The quantitative estimate of drug-likeness (QED) is 0.301. The van der Waals surface area contributed by atoms with E-state index in [0.717, 1.165) is 96.8 Å². The van der Waals surface area contributed by atoms with Gasteiger partial charge in [0.1, 0.15) is 11.8 Å². The summed E-state index contributed by atoms with van der Waals surface area (Å²) in [6.45, 7) is 7.80. The van der Waals surface area contributed by atoms with Crippen LogP contribution >= 0.6 is 11.6 Å². The fourth-order valence-corrected chi connectivity index (χ4v) is 7.98. The number of carbonyl (C=O) groups is 3. The number of nitrogens with zero attached hydrogens (tertiary/aromatic N) is 4. The molecular weight excluding hydrogens is 668 g/mol. The molecule has 11 nitrogen and oxygen atoms in total. The summed E-state index contributed by atoms with van der Waals surface area (Å²) < 4.78 is 7.43. The Labute approximate surface area is 304 Å². The van der Waals surface area contributed by atoms with Crippen molar-refractivity contribution in [2.75, 3.05) is 50.6 Å². The maximum atomic E-state index is 13.6. The molecule has 4 heterocycles. The molecule has 0 aliphatic carbocycles. The van der Waals surface area contributed by atoms with Crippen LogP contribution in [0.15, 0.2) is 47.4 Å². The van der Waals surface area contributed by atoms with Crippen molar-refractivity contribution in [2.24, 2.45) is 13.0 Å². The molecule has 6 rings (SSSR count). The zero-order valence-corrected chi connectivity index (χ0v) is 31.0. The van der Waals surface area contributed by atoms with Crippen LogP contribution in [0.5, 0.6) is 5.75 Å². The molecule has 1 atom stereocenters. The molecule has 0 radical (unpaired) electrons. The predicted octanol–water partition coefficient (Wildman–Crippen LogP) is 4.89. The van der Waals surface area contributed by atoms with Gasteiger partial charge in [-0.2, -0.15) is 0 Å². The minimum atomic E-state index is -0.409. The first-order valence-electron chi connectivity index (χ1n) is 17.9. The molecule has 3 aliphatic rings. The first-order chi connectivity index (χ1) is 24.4. The Bertz CT molecular complexity index is 1840. The molecule has 12 heteroatoms. The topological polar surface area (TPSA) is 116 Å². The summed E-state index contributed by atoms with van der Waals surface area (Å²) in [5.41, 5.74) is 6.40. The number of amides is 3. The van der Waals surface area contributed by atoms with Gasteiger partial charge >= 0.3 is 0 Å². The van der Waals surface area contributed by atoms with E-state index in [1.165, 1.54) is 0 Å². The largest absolute Gasteiger partial charge is 0.496 e. The average Bonchev–Trinajstić information content (AvgIpc) is 3.14. The molecule has 272 valence electrons. The summed E-state index contributed by atoms with van der Waals surface area (Å²) in [5, 5.41) is 6.25. The number of anilines is 2. The molecule has 3 fully saturated rings. The smallest absolute Gasteiger partial charge is 0.253 e. The monoisotopic (exact) mass is 716 g/mol. The number of aromatic nitrogens is 1. The van der Waals surface area contributed by atoms with Crippen LogP contribution in [0.1, 0.15) is 55.2 Å². The van der Waals surface area contributed by atoms with Gasteiger partial charge in [-0.15, -0.1) is 0 Å². The summed E-state index contributed by atoms with van der Waals surface area (Å²) in [5.74, 6) is 0.471. The van der Waals surface area contributed by atoms with Gasteiger partial charge in [-0.3, -0.25) is 29.4 Å². The second kappa shape index (κ2) is 15.5. The fourth-order valence-electron chi connectivity index (χ4n) is 7.71. The van der Waals surface area contributed by atoms with E-state index >= 15 is 0 Å². The van der Waals surface area contributed by atoms with Gasteiger partial charge in [-0.1, -0.05) is 11.6 Å². The predicted molar refractivity (Wildman–Crippen MR) is 200 cm³/mol. The van der Waals surface area contributed by atoms with Crippen LogP contribution in [0.25, 0.3) is 11.1 Å². The average molecular weight is 717 g/mol. The molecule has 0 saturated carbocycles. The molecule has 51 heavy (non-hydrogen) atoms. The van der Waals surface area contributed by atoms with Gasteiger partial charge in [-0.05, 0) is 93.5 Å². The van der Waals surface area contributed by atoms with Crippen molar-refractivity contribution >= 4 is 40.7 Å². The van der Waals surface area contributed by atoms with E-state index in [2.05, 4.69) is 20.4 Å². The third kappa shape index (κ3) is 7.94. The summed E-state index contributed by atoms with van der Waals surface area (Å²) in [4.78, 5) is 56.3. The van der Waals surface area contributed by atoms with E-state index < -0.39 is 6.04 Å². The van der Waals surface area contributed by atoms with Crippen LogP contribution in [-0.4, -0.2) is 84.5 Å². The molecule has 0 bridgehead atoms. The number of pyridine rings is 1. The number of nitrogens with one attached hydrogen (secondary N) is 2. The first-order valence-corrected chi connectivity index (χ1v) is 18.3. The van der Waals surface area contributed by atoms with Crippen molar-refractivity contribution < 1.29 is 19.1 Å². The summed E-state index contributed by atoms with van der Waals surface area (Å²) in [6, 6.07) is 11.8. The normalized spacial score (nSPS) is 19.2. The zero-order valence-electron chi connectivity index (χ0n) is 30.3. The Morgan fingerprint density at radius 1 is 0.980 bits per heavy atom. The molecule has 1 aromatic heterocycles. The van der Waals surface area contributed by atoms with Gasteiger partial charge in [0.05, 0.1) is 7.11 Å². The van der Waals surface area contributed by atoms with E-state index in [0.29, 0.717) is 24.4 Å². The minimum Gasteiger partial charge on any atom is -0.496 e. The lowest BCUT2D eigenvalue weighted by Gasteiger charge is -2.40. The number of piperidine rings is 3. The number of benzene rings is 2. The highest BCUT2D eigenvalue weighted by atomic mass is 35.5. The van der Waals surface area contributed by atoms with E-state index in [9.17, 15) is 19.2 Å². The number of ether oxygens (including phenoxy) is 1. The van der Waals surface area contributed by atoms with E-state index in [-0.39, 0.29) is 35.2 Å². The Kier molecular flexibility index (Phi) is 11.1. The fraction of sp³-hybridized carbons (Fsp3) is 0.487. The van der Waals surface area contributed by atoms with Crippen LogP contribution in [0.4, 0.5) is 11.4 Å². The molecular formula is C39H49ClN6O5. The standard InChI is InChI=1S/C39H49ClN6O5/c1-24-25(2)38(49)43(3)22-31(24)27-20-33(40)32(35(21-27)51-5)23-45-16-14-29(15-17-45)44(4)39(50)26-12-18-46(19-13-26)30-8-6-28(7-9-30)41-34-10-11-36(47)42-37(34)48/h6-9,20-22,26,29,34,41H,10-19,23H2,1-5H3,(H,42,47,48). The molecule has 0 spiro atoms. The van der Waals surface area contributed by atoms with E-state index in [4.69, 9.17) is 16.3 Å². The molecule has 3 amide bonds. The molecule has 3 saturated heterocycles. The van der Waals surface area contributed by atoms with Gasteiger partial charge in [0.2, 0.25) is 17.7 Å². The SMILES string of the molecule is COc1cc(-c2cn(C)c(=O)c(C)c2C)cc(Cl)c1CN1CCC(N(C)C(=O)C2CCN(c3ccc(NC4CCC(=O)NC4=O)cc3)CC2)CC1. The number of likely N-dealkylation sites (tertiary alicyclic amines) is 1. The van der Waals surface area contributed by atoms with E-state index in [1.807, 2.05) is 68.4 Å². The van der Waals surface area contributed by atoms with Gasteiger partial charge in [-0.25, -0.2) is 0 Å². The van der Waals surface area contributed by atoms with E-state index in [1.54, 1.807) is 18.7 Å². The highest BCUT2D eigenvalue weighted by Crippen LogP contribution is 2.36. The Morgan fingerprint density at radius 3 is 2.31 bits per heavy atom. The Morgan fingerprint density at radius 2 is 1.67 bits per heavy atom. The van der Waals surface area contributed by atoms with Gasteiger partial charge in [0.15, 0.2) is 0 Å². The number of hydrogen-bond acceptors (Lipinski definition) is 8. The van der Waals surface area contributed by atoms with Crippen LogP contribution in [-0.2, 0) is 28.0 Å².